The first kappa shape index (κ1) is 20.4. The van der Waals surface area contributed by atoms with Gasteiger partial charge < -0.3 is 4.74 Å². The molecule has 0 radical (unpaired) electrons. The van der Waals surface area contributed by atoms with Gasteiger partial charge in [-0.1, -0.05) is 111 Å². The Balaban J connectivity index is 1.91. The molecule has 0 bridgehead atoms. The van der Waals surface area contributed by atoms with E-state index in [1.165, 1.54) is 67.8 Å². The molecular formula is C21H33BrO. The lowest BCUT2D eigenvalue weighted by Crippen LogP contribution is -1.95. The zero-order chi connectivity index (χ0) is 16.6. The van der Waals surface area contributed by atoms with Crippen LogP contribution in [0.25, 0.3) is 0 Å². The first-order valence-electron chi connectivity index (χ1n) is 9.29. The molecule has 0 aliphatic heterocycles. The molecule has 0 spiro atoms. The molecule has 0 unspecified atom stereocenters. The Hall–Kier alpha value is -0.600. The minimum Gasteiger partial charge on any atom is -0.372 e. The predicted octanol–water partition coefficient (Wildman–Crippen LogP) is 7.40. The third-order valence-electron chi connectivity index (χ3n) is 4.03. The van der Waals surface area contributed by atoms with E-state index in [0.29, 0.717) is 13.2 Å². The van der Waals surface area contributed by atoms with Gasteiger partial charge in [0, 0.05) is 4.48 Å². The molecule has 1 aromatic carbocycles. The van der Waals surface area contributed by atoms with Crippen LogP contribution >= 0.6 is 15.9 Å². The molecule has 0 amide bonds. The van der Waals surface area contributed by atoms with Crippen molar-refractivity contribution in [2.24, 2.45) is 0 Å². The molecule has 0 aliphatic rings. The van der Waals surface area contributed by atoms with Gasteiger partial charge in [-0.05, 0) is 18.4 Å². The van der Waals surface area contributed by atoms with Gasteiger partial charge in [0.1, 0.15) is 0 Å². The van der Waals surface area contributed by atoms with E-state index in [4.69, 9.17) is 4.74 Å². The van der Waals surface area contributed by atoms with Gasteiger partial charge in [-0.25, -0.2) is 0 Å². The van der Waals surface area contributed by atoms with Crippen LogP contribution in [0.15, 0.2) is 40.9 Å². The molecular weight excluding hydrogens is 348 g/mol. The lowest BCUT2D eigenvalue weighted by Gasteiger charge is -2.04. The van der Waals surface area contributed by atoms with E-state index in [1.807, 2.05) is 18.2 Å². The van der Waals surface area contributed by atoms with Crippen LogP contribution in [0, 0.1) is 0 Å². The van der Waals surface area contributed by atoms with E-state index < -0.39 is 0 Å². The maximum atomic E-state index is 5.71. The van der Waals surface area contributed by atoms with Crippen molar-refractivity contribution >= 4 is 15.9 Å². The smallest absolute Gasteiger partial charge is 0.0783 e. The molecule has 0 aliphatic carbocycles. The van der Waals surface area contributed by atoms with E-state index in [1.54, 1.807) is 0 Å². The zero-order valence-corrected chi connectivity index (χ0v) is 16.3. The molecule has 0 heterocycles. The molecule has 0 saturated heterocycles. The van der Waals surface area contributed by atoms with E-state index >= 15 is 0 Å². The molecule has 130 valence electrons. The summed E-state index contributed by atoms with van der Waals surface area (Å²) in [6.07, 6.45) is 15.9. The highest BCUT2D eigenvalue weighted by atomic mass is 79.9. The van der Waals surface area contributed by atoms with Gasteiger partial charge in [0.25, 0.3) is 0 Å². The standard InChI is InChI=1S/C21H33BrO/c1-2-3-4-5-6-7-8-9-10-14-17-21(22)19-23-18-20-15-12-11-13-16-20/h11-13,15-17H,2-10,14,18-19H2,1H3/b21-17-. The van der Waals surface area contributed by atoms with Gasteiger partial charge in [0.15, 0.2) is 0 Å². The number of rotatable bonds is 14. The highest BCUT2D eigenvalue weighted by Crippen LogP contribution is 2.13. The van der Waals surface area contributed by atoms with Crippen LogP contribution in [0.5, 0.6) is 0 Å². The maximum Gasteiger partial charge on any atom is 0.0783 e. The van der Waals surface area contributed by atoms with Crippen LogP contribution in [0.3, 0.4) is 0 Å². The summed E-state index contributed by atoms with van der Waals surface area (Å²) >= 11 is 3.61. The van der Waals surface area contributed by atoms with Crippen molar-refractivity contribution in [1.29, 1.82) is 0 Å². The number of unbranched alkanes of at least 4 members (excludes halogenated alkanes) is 9. The quantitative estimate of drug-likeness (QED) is 0.305. The largest absolute Gasteiger partial charge is 0.372 e. The van der Waals surface area contributed by atoms with Crippen molar-refractivity contribution in [2.75, 3.05) is 6.61 Å². The molecule has 0 atom stereocenters. The minimum atomic E-state index is 0.673. The molecule has 0 fully saturated rings. The van der Waals surface area contributed by atoms with Crippen molar-refractivity contribution in [3.8, 4) is 0 Å². The normalized spacial score (nSPS) is 11.8. The van der Waals surface area contributed by atoms with Gasteiger partial charge in [0.2, 0.25) is 0 Å². The highest BCUT2D eigenvalue weighted by Gasteiger charge is 1.96. The fraction of sp³-hybridized carbons (Fsp3) is 0.619. The Bertz CT molecular complexity index is 400. The van der Waals surface area contributed by atoms with Crippen molar-refractivity contribution < 1.29 is 4.74 Å². The van der Waals surface area contributed by atoms with Crippen LogP contribution in [0.2, 0.25) is 0 Å². The molecule has 0 aromatic heterocycles. The highest BCUT2D eigenvalue weighted by molar-refractivity contribution is 9.11. The summed E-state index contributed by atoms with van der Waals surface area (Å²) in [6, 6.07) is 10.3. The minimum absolute atomic E-state index is 0.673. The summed E-state index contributed by atoms with van der Waals surface area (Å²) in [5, 5.41) is 0. The Morgan fingerprint density at radius 2 is 1.52 bits per heavy atom. The topological polar surface area (TPSA) is 9.23 Å². The second kappa shape index (κ2) is 15.0. The van der Waals surface area contributed by atoms with E-state index in [-0.39, 0.29) is 0 Å². The van der Waals surface area contributed by atoms with E-state index in [9.17, 15) is 0 Å². The molecule has 0 saturated carbocycles. The number of hydrogen-bond donors (Lipinski definition) is 0. The second-order valence-electron chi connectivity index (χ2n) is 6.25. The van der Waals surface area contributed by atoms with E-state index in [0.717, 1.165) is 6.42 Å². The molecule has 1 nitrogen and oxygen atoms in total. The number of ether oxygens (including phenoxy) is 1. The summed E-state index contributed by atoms with van der Waals surface area (Å²) in [7, 11) is 0. The third-order valence-corrected chi connectivity index (χ3v) is 4.58. The van der Waals surface area contributed by atoms with Crippen molar-refractivity contribution in [3.63, 3.8) is 0 Å². The van der Waals surface area contributed by atoms with E-state index in [2.05, 4.69) is 41.1 Å². The van der Waals surface area contributed by atoms with Gasteiger partial charge in [-0.3, -0.25) is 0 Å². The third kappa shape index (κ3) is 12.5. The predicted molar refractivity (Wildman–Crippen MR) is 105 cm³/mol. The SMILES string of the molecule is CCCCCCCCCCC/C=C(\Br)COCc1ccccc1. The Morgan fingerprint density at radius 3 is 2.17 bits per heavy atom. The summed E-state index contributed by atoms with van der Waals surface area (Å²) < 4.78 is 6.88. The molecule has 1 aromatic rings. The Labute approximate surface area is 151 Å². The summed E-state index contributed by atoms with van der Waals surface area (Å²) in [5.74, 6) is 0. The Kier molecular flexibility index (Phi) is 13.3. The second-order valence-corrected chi connectivity index (χ2v) is 7.27. The Morgan fingerprint density at radius 1 is 0.913 bits per heavy atom. The average Bonchev–Trinajstić information content (AvgIpc) is 2.57. The molecule has 1 rings (SSSR count). The molecule has 0 N–H and O–H groups in total. The first-order chi connectivity index (χ1) is 11.3. The fourth-order valence-corrected chi connectivity index (χ4v) is 3.00. The van der Waals surface area contributed by atoms with Crippen LogP contribution in [-0.4, -0.2) is 6.61 Å². The zero-order valence-electron chi connectivity index (χ0n) is 14.7. The van der Waals surface area contributed by atoms with Crippen LogP contribution in [0.1, 0.15) is 76.7 Å². The maximum absolute atomic E-state index is 5.71. The summed E-state index contributed by atoms with van der Waals surface area (Å²) in [4.78, 5) is 0. The molecule has 2 heteroatoms. The van der Waals surface area contributed by atoms with Gasteiger partial charge in [-0.2, -0.15) is 0 Å². The van der Waals surface area contributed by atoms with Crippen molar-refractivity contribution in [3.05, 3.63) is 46.5 Å². The number of benzene rings is 1. The average molecular weight is 381 g/mol. The van der Waals surface area contributed by atoms with Gasteiger partial charge >= 0.3 is 0 Å². The first-order valence-corrected chi connectivity index (χ1v) is 10.1. The lowest BCUT2D eigenvalue weighted by molar-refractivity contribution is 0.147. The van der Waals surface area contributed by atoms with Crippen LogP contribution < -0.4 is 0 Å². The lowest BCUT2D eigenvalue weighted by atomic mass is 10.1. The monoisotopic (exact) mass is 380 g/mol. The van der Waals surface area contributed by atoms with Gasteiger partial charge in [0.05, 0.1) is 13.2 Å². The van der Waals surface area contributed by atoms with Crippen LogP contribution in [0.4, 0.5) is 0 Å². The summed E-state index contributed by atoms with van der Waals surface area (Å²) in [6.45, 7) is 3.63. The van der Waals surface area contributed by atoms with Crippen molar-refractivity contribution in [2.45, 2.75) is 77.7 Å². The summed E-state index contributed by atoms with van der Waals surface area (Å²) in [5.41, 5.74) is 1.23. The number of halogens is 1. The van der Waals surface area contributed by atoms with Crippen molar-refractivity contribution in [1.82, 2.24) is 0 Å². The molecule has 23 heavy (non-hydrogen) atoms. The van der Waals surface area contributed by atoms with Gasteiger partial charge in [-0.15, -0.1) is 0 Å². The number of hydrogen-bond acceptors (Lipinski definition) is 1. The van der Waals surface area contributed by atoms with Crippen LogP contribution in [-0.2, 0) is 11.3 Å². The number of allylic oxidation sites excluding steroid dienone is 1. The fourth-order valence-electron chi connectivity index (χ4n) is 2.61.